The van der Waals surface area contributed by atoms with E-state index >= 15 is 0 Å². The minimum absolute atomic E-state index is 0.670. The smallest absolute Gasteiger partial charge is 0.152 e. The number of nitrogens with zero attached hydrogens (tertiary/aromatic N) is 2. The summed E-state index contributed by atoms with van der Waals surface area (Å²) < 4.78 is 0. The molecule has 1 saturated heterocycles. The largest absolute Gasteiger partial charge is 0.371 e. The van der Waals surface area contributed by atoms with E-state index in [1.54, 1.807) is 6.20 Å². The molecule has 17 heavy (non-hydrogen) atoms. The minimum Gasteiger partial charge on any atom is -0.371 e. The highest BCUT2D eigenvalue weighted by Gasteiger charge is 2.15. The molecule has 1 aromatic carbocycles. The van der Waals surface area contributed by atoms with Crippen LogP contribution < -0.4 is 4.90 Å². The number of carbonyl (C=O) groups is 1. The summed E-state index contributed by atoms with van der Waals surface area (Å²) in [5, 5.41) is 1.08. The number of hydrogen-bond acceptors (Lipinski definition) is 3. The Morgan fingerprint density at radius 2 is 2.00 bits per heavy atom. The van der Waals surface area contributed by atoms with Crippen molar-refractivity contribution in [2.75, 3.05) is 18.0 Å². The highest BCUT2D eigenvalue weighted by atomic mass is 16.1. The summed E-state index contributed by atoms with van der Waals surface area (Å²) in [5.41, 5.74) is 2.69. The first kappa shape index (κ1) is 10.3. The Kier molecular flexibility index (Phi) is 2.52. The molecule has 1 aromatic heterocycles. The van der Waals surface area contributed by atoms with Gasteiger partial charge in [-0.3, -0.25) is 9.78 Å². The fourth-order valence-corrected chi connectivity index (χ4v) is 2.51. The zero-order chi connectivity index (χ0) is 11.7. The third-order valence-electron chi connectivity index (χ3n) is 3.35. The standard InChI is InChI=1S/C14H14N2O/c17-10-11-4-3-5-12-13(6-7-15-14(11)12)16-8-1-2-9-16/h3-7,10H,1-2,8-9H2. The van der Waals surface area contributed by atoms with Crippen LogP contribution in [0.25, 0.3) is 10.9 Å². The number of benzene rings is 1. The van der Waals surface area contributed by atoms with Crippen molar-refractivity contribution in [2.45, 2.75) is 12.8 Å². The Hall–Kier alpha value is -1.90. The van der Waals surface area contributed by atoms with Crippen molar-refractivity contribution in [2.24, 2.45) is 0 Å². The van der Waals surface area contributed by atoms with E-state index in [2.05, 4.69) is 9.88 Å². The predicted octanol–water partition coefficient (Wildman–Crippen LogP) is 2.65. The van der Waals surface area contributed by atoms with E-state index in [0.717, 1.165) is 30.3 Å². The summed E-state index contributed by atoms with van der Waals surface area (Å²) in [7, 11) is 0. The van der Waals surface area contributed by atoms with Crippen LogP contribution in [0.2, 0.25) is 0 Å². The van der Waals surface area contributed by atoms with Crippen LogP contribution in [0.4, 0.5) is 5.69 Å². The zero-order valence-electron chi connectivity index (χ0n) is 9.60. The third-order valence-corrected chi connectivity index (χ3v) is 3.35. The summed E-state index contributed by atoms with van der Waals surface area (Å²) in [6.07, 6.45) is 5.17. The Bertz CT molecular complexity index is 559. The highest BCUT2D eigenvalue weighted by molar-refractivity contribution is 6.01. The lowest BCUT2D eigenvalue weighted by Gasteiger charge is -2.19. The van der Waals surface area contributed by atoms with Crippen molar-refractivity contribution in [1.29, 1.82) is 0 Å². The second kappa shape index (κ2) is 4.17. The molecule has 0 saturated carbocycles. The topological polar surface area (TPSA) is 33.2 Å². The molecule has 3 rings (SSSR count). The maximum atomic E-state index is 11.0. The van der Waals surface area contributed by atoms with Gasteiger partial charge in [0.2, 0.25) is 0 Å². The van der Waals surface area contributed by atoms with Gasteiger partial charge in [0.25, 0.3) is 0 Å². The van der Waals surface area contributed by atoms with Gasteiger partial charge in [-0.05, 0) is 25.0 Å². The fraction of sp³-hybridized carbons (Fsp3) is 0.286. The van der Waals surface area contributed by atoms with Gasteiger partial charge in [0, 0.05) is 35.9 Å². The second-order valence-electron chi connectivity index (χ2n) is 4.39. The summed E-state index contributed by atoms with van der Waals surface area (Å²) in [4.78, 5) is 17.7. The van der Waals surface area contributed by atoms with E-state index < -0.39 is 0 Å². The van der Waals surface area contributed by atoms with Gasteiger partial charge in [-0.1, -0.05) is 12.1 Å². The first-order valence-electron chi connectivity index (χ1n) is 5.98. The number of hydrogen-bond donors (Lipinski definition) is 0. The molecule has 0 atom stereocenters. The van der Waals surface area contributed by atoms with Gasteiger partial charge in [-0.25, -0.2) is 0 Å². The van der Waals surface area contributed by atoms with Gasteiger partial charge in [-0.2, -0.15) is 0 Å². The third kappa shape index (κ3) is 1.68. The van der Waals surface area contributed by atoms with Crippen LogP contribution in [0.15, 0.2) is 30.5 Å². The van der Waals surface area contributed by atoms with E-state index in [9.17, 15) is 4.79 Å². The maximum absolute atomic E-state index is 11.0. The lowest BCUT2D eigenvalue weighted by Crippen LogP contribution is -2.18. The Balaban J connectivity index is 2.21. The molecule has 0 bridgehead atoms. The maximum Gasteiger partial charge on any atom is 0.152 e. The van der Waals surface area contributed by atoms with Crippen molar-refractivity contribution < 1.29 is 4.79 Å². The molecule has 0 amide bonds. The molecule has 2 heterocycles. The van der Waals surface area contributed by atoms with E-state index in [1.807, 2.05) is 24.3 Å². The van der Waals surface area contributed by atoms with Gasteiger partial charge in [0.15, 0.2) is 6.29 Å². The van der Waals surface area contributed by atoms with Gasteiger partial charge >= 0.3 is 0 Å². The van der Waals surface area contributed by atoms with Crippen LogP contribution in [-0.4, -0.2) is 24.4 Å². The average molecular weight is 226 g/mol. The lowest BCUT2D eigenvalue weighted by atomic mass is 10.1. The van der Waals surface area contributed by atoms with Crippen molar-refractivity contribution in [3.05, 3.63) is 36.0 Å². The molecule has 3 heteroatoms. The monoisotopic (exact) mass is 226 g/mol. The Morgan fingerprint density at radius 1 is 1.18 bits per heavy atom. The Labute approximate surface area is 100 Å². The molecule has 3 nitrogen and oxygen atoms in total. The van der Waals surface area contributed by atoms with Gasteiger partial charge < -0.3 is 4.90 Å². The molecule has 0 N–H and O–H groups in total. The summed E-state index contributed by atoms with van der Waals surface area (Å²) >= 11 is 0. The number of aromatic nitrogens is 1. The molecule has 0 aliphatic carbocycles. The van der Waals surface area contributed by atoms with Gasteiger partial charge in [0.1, 0.15) is 0 Å². The lowest BCUT2D eigenvalue weighted by molar-refractivity contribution is 0.112. The molecular formula is C14H14N2O. The Morgan fingerprint density at radius 3 is 2.76 bits per heavy atom. The molecule has 0 spiro atoms. The minimum atomic E-state index is 0.670. The molecule has 0 radical (unpaired) electrons. The van der Waals surface area contributed by atoms with Crippen LogP contribution >= 0.6 is 0 Å². The van der Waals surface area contributed by atoms with E-state index in [1.165, 1.54) is 18.5 Å². The molecular weight excluding hydrogens is 212 g/mol. The fourth-order valence-electron chi connectivity index (χ4n) is 2.51. The van der Waals surface area contributed by atoms with Crippen molar-refractivity contribution in [3.8, 4) is 0 Å². The predicted molar refractivity (Wildman–Crippen MR) is 68.6 cm³/mol. The van der Waals surface area contributed by atoms with Crippen LogP contribution in [0.3, 0.4) is 0 Å². The molecule has 1 aliphatic rings. The number of para-hydroxylation sites is 1. The van der Waals surface area contributed by atoms with Crippen LogP contribution in [0.1, 0.15) is 23.2 Å². The van der Waals surface area contributed by atoms with Crippen LogP contribution in [0.5, 0.6) is 0 Å². The molecule has 1 fully saturated rings. The van der Waals surface area contributed by atoms with Crippen molar-refractivity contribution in [1.82, 2.24) is 4.98 Å². The normalized spacial score (nSPS) is 15.4. The molecule has 1 aliphatic heterocycles. The first-order valence-corrected chi connectivity index (χ1v) is 5.98. The first-order chi connectivity index (χ1) is 8.40. The zero-order valence-corrected chi connectivity index (χ0v) is 9.60. The summed E-state index contributed by atoms with van der Waals surface area (Å²) in [6, 6.07) is 7.83. The molecule has 86 valence electrons. The second-order valence-corrected chi connectivity index (χ2v) is 4.39. The number of rotatable bonds is 2. The van der Waals surface area contributed by atoms with E-state index in [0.29, 0.717) is 5.56 Å². The highest BCUT2D eigenvalue weighted by Crippen LogP contribution is 2.29. The number of pyridine rings is 1. The van der Waals surface area contributed by atoms with Crippen molar-refractivity contribution in [3.63, 3.8) is 0 Å². The number of carbonyl (C=O) groups excluding carboxylic acids is 1. The van der Waals surface area contributed by atoms with Crippen molar-refractivity contribution >= 4 is 22.9 Å². The van der Waals surface area contributed by atoms with Gasteiger partial charge in [0.05, 0.1) is 5.52 Å². The average Bonchev–Trinajstić information content (AvgIpc) is 2.91. The molecule has 0 unspecified atom stereocenters. The number of anilines is 1. The van der Waals surface area contributed by atoms with Crippen LogP contribution in [-0.2, 0) is 0 Å². The van der Waals surface area contributed by atoms with E-state index in [-0.39, 0.29) is 0 Å². The number of aldehydes is 1. The molecule has 2 aromatic rings. The SMILES string of the molecule is O=Cc1cccc2c(N3CCCC3)ccnc12. The number of fused-ring (bicyclic) bond motifs is 1. The summed E-state index contributed by atoms with van der Waals surface area (Å²) in [6.45, 7) is 2.20. The van der Waals surface area contributed by atoms with Gasteiger partial charge in [-0.15, -0.1) is 0 Å². The van der Waals surface area contributed by atoms with Crippen LogP contribution in [0, 0.1) is 0 Å². The quantitative estimate of drug-likeness (QED) is 0.738. The van der Waals surface area contributed by atoms with E-state index in [4.69, 9.17) is 0 Å². The summed E-state index contributed by atoms with van der Waals surface area (Å²) in [5.74, 6) is 0.